The van der Waals surface area contributed by atoms with Gasteiger partial charge in [-0.25, -0.2) is 0 Å². The molecular weight excluding hydrogens is 410 g/mol. The topological polar surface area (TPSA) is 68.0 Å². The van der Waals surface area contributed by atoms with Crippen LogP contribution in [0, 0.1) is 5.92 Å². The molecule has 0 atom stereocenters. The maximum atomic E-state index is 12.1. The van der Waals surface area contributed by atoms with Crippen LogP contribution in [0.25, 0.3) is 11.5 Å². The average molecular weight is 446 g/mol. The van der Waals surface area contributed by atoms with Gasteiger partial charge in [-0.1, -0.05) is 66.2 Å². The predicted octanol–water partition coefficient (Wildman–Crippen LogP) is 6.66. The zero-order valence-corrected chi connectivity index (χ0v) is 20.7. The van der Waals surface area contributed by atoms with Crippen LogP contribution in [0.5, 0.6) is 0 Å². The van der Waals surface area contributed by atoms with Crippen molar-refractivity contribution >= 4 is 11.6 Å². The average Bonchev–Trinajstić information content (AvgIpc) is 3.15. The molecule has 5 heteroatoms. The molecule has 4 rings (SSSR count). The lowest BCUT2D eigenvalue weighted by Crippen LogP contribution is -2.27. The fraction of sp³-hybridized carbons (Fsp3) is 0.464. The van der Waals surface area contributed by atoms with Crippen LogP contribution in [0.1, 0.15) is 83.4 Å². The maximum Gasteiger partial charge on any atom is 0.247 e. The molecular formula is C28H35N3O2. The number of rotatable bonds is 5. The molecule has 5 nitrogen and oxygen atoms in total. The molecule has 1 aliphatic rings. The molecule has 1 fully saturated rings. The van der Waals surface area contributed by atoms with E-state index in [1.807, 2.05) is 24.3 Å². The Morgan fingerprint density at radius 3 is 2.06 bits per heavy atom. The smallest absolute Gasteiger partial charge is 0.247 e. The normalized spacial score (nSPS) is 14.7. The second-order valence-corrected chi connectivity index (χ2v) is 11.3. The van der Waals surface area contributed by atoms with Gasteiger partial charge in [-0.3, -0.25) is 4.79 Å². The highest BCUT2D eigenvalue weighted by Gasteiger charge is 2.25. The second kappa shape index (κ2) is 8.77. The Balaban J connectivity index is 1.50. The van der Waals surface area contributed by atoms with Crippen LogP contribution < -0.4 is 5.32 Å². The summed E-state index contributed by atoms with van der Waals surface area (Å²) >= 11 is 0. The van der Waals surface area contributed by atoms with Crippen molar-refractivity contribution in [2.45, 2.75) is 78.1 Å². The first-order valence-corrected chi connectivity index (χ1v) is 11.9. The van der Waals surface area contributed by atoms with Gasteiger partial charge < -0.3 is 9.73 Å². The van der Waals surface area contributed by atoms with E-state index in [-0.39, 0.29) is 22.7 Å². The number of hydrogen-bond donors (Lipinski definition) is 1. The van der Waals surface area contributed by atoms with Crippen molar-refractivity contribution in [3.63, 3.8) is 0 Å². The molecule has 0 radical (unpaired) electrons. The van der Waals surface area contributed by atoms with E-state index in [0.29, 0.717) is 18.2 Å². The van der Waals surface area contributed by atoms with E-state index < -0.39 is 0 Å². The molecule has 3 aromatic rings. The van der Waals surface area contributed by atoms with Gasteiger partial charge in [-0.05, 0) is 64.6 Å². The highest BCUT2D eigenvalue weighted by atomic mass is 16.4. The van der Waals surface area contributed by atoms with E-state index in [2.05, 4.69) is 75.3 Å². The van der Waals surface area contributed by atoms with E-state index in [1.54, 1.807) is 0 Å². The molecule has 174 valence electrons. The molecule has 0 aliphatic heterocycles. The summed E-state index contributed by atoms with van der Waals surface area (Å²) in [5.41, 5.74) is 5.40. The quantitative estimate of drug-likeness (QED) is 0.477. The molecule has 1 amide bonds. The van der Waals surface area contributed by atoms with E-state index in [9.17, 15) is 4.79 Å². The zero-order chi connectivity index (χ0) is 23.8. The minimum Gasteiger partial charge on any atom is -0.420 e. The Morgan fingerprint density at radius 2 is 1.55 bits per heavy atom. The van der Waals surface area contributed by atoms with Gasteiger partial charge in [-0.15, -0.1) is 10.2 Å². The summed E-state index contributed by atoms with van der Waals surface area (Å²) in [7, 11) is 0. The summed E-state index contributed by atoms with van der Waals surface area (Å²) in [6.07, 6.45) is 3.70. The Kier molecular flexibility index (Phi) is 6.17. The van der Waals surface area contributed by atoms with Crippen molar-refractivity contribution in [1.29, 1.82) is 0 Å². The lowest BCUT2D eigenvalue weighted by atomic mass is 9.79. The summed E-state index contributed by atoms with van der Waals surface area (Å²) in [6.45, 7) is 13.3. The lowest BCUT2D eigenvalue weighted by Gasteiger charge is -2.25. The Labute approximate surface area is 197 Å². The number of nitrogens with one attached hydrogen (secondary N) is 1. The first-order chi connectivity index (χ1) is 15.5. The molecule has 0 spiro atoms. The monoisotopic (exact) mass is 445 g/mol. The number of aromatic nitrogens is 2. The van der Waals surface area contributed by atoms with Crippen LogP contribution in [0.3, 0.4) is 0 Å². The molecule has 1 heterocycles. The summed E-state index contributed by atoms with van der Waals surface area (Å²) in [5, 5.41) is 11.7. The number of carbonyl (C=O) groups is 1. The van der Waals surface area contributed by atoms with Gasteiger partial charge in [0.25, 0.3) is 0 Å². The third-order valence-corrected chi connectivity index (χ3v) is 6.43. The predicted molar refractivity (Wildman–Crippen MR) is 132 cm³/mol. The molecule has 0 saturated heterocycles. The fourth-order valence-electron chi connectivity index (χ4n) is 3.85. The van der Waals surface area contributed by atoms with Crippen molar-refractivity contribution in [3.8, 4) is 11.5 Å². The number of amides is 1. The third-order valence-electron chi connectivity index (χ3n) is 6.43. The van der Waals surface area contributed by atoms with Crippen LogP contribution in [-0.2, 0) is 22.0 Å². The first kappa shape index (κ1) is 23.2. The Bertz CT molecular complexity index is 1090. The van der Waals surface area contributed by atoms with E-state index in [4.69, 9.17) is 4.42 Å². The summed E-state index contributed by atoms with van der Waals surface area (Å²) in [6, 6.07) is 14.5. The van der Waals surface area contributed by atoms with E-state index in [1.165, 1.54) is 11.1 Å². The highest BCUT2D eigenvalue weighted by Crippen LogP contribution is 2.34. The first-order valence-electron chi connectivity index (χ1n) is 11.9. The number of carbonyl (C=O) groups excluding carboxylic acids is 1. The molecule has 0 unspecified atom stereocenters. The van der Waals surface area contributed by atoms with Crippen LogP contribution in [0.15, 0.2) is 46.9 Å². The van der Waals surface area contributed by atoms with Crippen LogP contribution in [-0.4, -0.2) is 16.1 Å². The summed E-state index contributed by atoms with van der Waals surface area (Å²) < 4.78 is 6.07. The molecule has 0 bridgehead atoms. The fourth-order valence-corrected chi connectivity index (χ4v) is 3.85. The number of hydrogen-bond acceptors (Lipinski definition) is 4. The lowest BCUT2D eigenvalue weighted by molar-refractivity contribution is -0.122. The maximum absolute atomic E-state index is 12.1. The number of benzene rings is 2. The van der Waals surface area contributed by atoms with E-state index >= 15 is 0 Å². The molecule has 1 aromatic heterocycles. The SMILES string of the molecule is CC(C)(C)c1cc(-c2nnc(Cc3ccc(NC(=O)C4CCC4)cc3)o2)cc(C(C)(C)C)c1. The number of nitrogens with zero attached hydrogens (tertiary/aromatic N) is 2. The largest absolute Gasteiger partial charge is 0.420 e. The van der Waals surface area contributed by atoms with Crippen molar-refractivity contribution in [2.75, 3.05) is 5.32 Å². The van der Waals surface area contributed by atoms with Gasteiger partial charge in [0.1, 0.15) is 0 Å². The van der Waals surface area contributed by atoms with Crippen LogP contribution in [0.2, 0.25) is 0 Å². The van der Waals surface area contributed by atoms with Gasteiger partial charge >= 0.3 is 0 Å². The Hall–Kier alpha value is -2.95. The van der Waals surface area contributed by atoms with Crippen molar-refractivity contribution in [3.05, 3.63) is 65.0 Å². The highest BCUT2D eigenvalue weighted by molar-refractivity contribution is 5.93. The van der Waals surface area contributed by atoms with Gasteiger partial charge in [0.2, 0.25) is 17.7 Å². The summed E-state index contributed by atoms with van der Waals surface area (Å²) in [4.78, 5) is 12.1. The van der Waals surface area contributed by atoms with Crippen molar-refractivity contribution < 1.29 is 9.21 Å². The third kappa shape index (κ3) is 5.52. The Morgan fingerprint density at radius 1 is 0.939 bits per heavy atom. The standard InChI is InChI=1S/C28H35N3O2/c1-27(2,3)21-15-20(16-22(17-21)28(4,5)6)26-31-30-24(33-26)14-18-10-12-23(13-11-18)29-25(32)19-8-7-9-19/h10-13,15-17,19H,7-9,14H2,1-6H3,(H,29,32). The minimum atomic E-state index is 0.0225. The molecule has 33 heavy (non-hydrogen) atoms. The van der Waals surface area contributed by atoms with Crippen LogP contribution in [0.4, 0.5) is 5.69 Å². The summed E-state index contributed by atoms with van der Waals surface area (Å²) in [5.74, 6) is 1.43. The van der Waals surface area contributed by atoms with Crippen molar-refractivity contribution in [1.82, 2.24) is 10.2 Å². The molecule has 1 aliphatic carbocycles. The van der Waals surface area contributed by atoms with E-state index in [0.717, 1.165) is 36.1 Å². The molecule has 1 N–H and O–H groups in total. The second-order valence-electron chi connectivity index (χ2n) is 11.3. The van der Waals surface area contributed by atoms with Gasteiger partial charge in [0.15, 0.2) is 0 Å². The minimum absolute atomic E-state index is 0.0225. The molecule has 2 aromatic carbocycles. The zero-order valence-electron chi connectivity index (χ0n) is 20.7. The number of anilines is 1. The van der Waals surface area contributed by atoms with Gasteiger partial charge in [0, 0.05) is 17.2 Å². The van der Waals surface area contributed by atoms with Gasteiger partial charge in [0.05, 0.1) is 6.42 Å². The van der Waals surface area contributed by atoms with Crippen LogP contribution >= 0.6 is 0 Å². The van der Waals surface area contributed by atoms with Gasteiger partial charge in [-0.2, -0.15) is 0 Å². The van der Waals surface area contributed by atoms with Crippen molar-refractivity contribution in [2.24, 2.45) is 5.92 Å². The molecule has 1 saturated carbocycles.